The lowest BCUT2D eigenvalue weighted by molar-refractivity contribution is 0.305. The van der Waals surface area contributed by atoms with Crippen LogP contribution >= 0.6 is 11.6 Å². The standard InChI is InChI=1S/C16H18ClNO/c17-12-15-9-10-16(13-18-15)19-11-5-4-8-14-6-2-1-3-7-14/h1-3,6-7,9-10,13H,4-5,8,11-12H2. The van der Waals surface area contributed by atoms with Gasteiger partial charge in [-0.15, -0.1) is 11.6 Å². The number of unbranched alkanes of at least 4 members (excludes halogenated alkanes) is 1. The van der Waals surface area contributed by atoms with Crippen molar-refractivity contribution in [2.75, 3.05) is 6.61 Å². The van der Waals surface area contributed by atoms with Gasteiger partial charge in [0.15, 0.2) is 0 Å². The third-order valence-corrected chi connectivity index (χ3v) is 3.18. The lowest BCUT2D eigenvalue weighted by atomic mass is 10.1. The summed E-state index contributed by atoms with van der Waals surface area (Å²) in [6.07, 6.45) is 5.02. The Balaban J connectivity index is 1.63. The van der Waals surface area contributed by atoms with E-state index >= 15 is 0 Å². The van der Waals surface area contributed by atoms with Crippen LogP contribution in [0.15, 0.2) is 48.7 Å². The third kappa shape index (κ3) is 4.92. The summed E-state index contributed by atoms with van der Waals surface area (Å²) in [5, 5.41) is 0. The molecule has 2 nitrogen and oxygen atoms in total. The molecule has 0 bridgehead atoms. The molecule has 0 saturated carbocycles. The Kier molecular flexibility index (Phi) is 5.70. The fraction of sp³-hybridized carbons (Fsp3) is 0.312. The van der Waals surface area contributed by atoms with E-state index in [0.717, 1.165) is 37.3 Å². The highest BCUT2D eigenvalue weighted by molar-refractivity contribution is 6.16. The zero-order valence-electron chi connectivity index (χ0n) is 10.9. The zero-order chi connectivity index (χ0) is 13.3. The highest BCUT2D eigenvalue weighted by atomic mass is 35.5. The largest absolute Gasteiger partial charge is 0.492 e. The summed E-state index contributed by atoms with van der Waals surface area (Å²) >= 11 is 5.68. The topological polar surface area (TPSA) is 22.1 Å². The van der Waals surface area contributed by atoms with Crippen molar-refractivity contribution >= 4 is 11.6 Å². The summed E-state index contributed by atoms with van der Waals surface area (Å²) in [6.45, 7) is 0.731. The van der Waals surface area contributed by atoms with Crippen LogP contribution in [-0.4, -0.2) is 11.6 Å². The van der Waals surface area contributed by atoms with Gasteiger partial charge in [0.25, 0.3) is 0 Å². The minimum absolute atomic E-state index is 0.442. The highest BCUT2D eigenvalue weighted by Gasteiger charge is 1.97. The van der Waals surface area contributed by atoms with Crippen molar-refractivity contribution in [3.8, 4) is 5.75 Å². The molecular formula is C16H18ClNO. The van der Waals surface area contributed by atoms with Crippen LogP contribution in [0, 0.1) is 0 Å². The fourth-order valence-corrected chi connectivity index (χ4v) is 2.00. The number of hydrogen-bond donors (Lipinski definition) is 0. The van der Waals surface area contributed by atoms with Crippen molar-refractivity contribution < 1.29 is 4.74 Å². The second-order valence-electron chi connectivity index (χ2n) is 4.41. The van der Waals surface area contributed by atoms with E-state index < -0.39 is 0 Å². The molecule has 0 aliphatic carbocycles. The molecule has 0 spiro atoms. The molecule has 0 amide bonds. The maximum atomic E-state index is 5.68. The number of benzene rings is 1. The van der Waals surface area contributed by atoms with Crippen molar-refractivity contribution in [1.82, 2.24) is 4.98 Å². The normalized spacial score (nSPS) is 10.4. The number of alkyl halides is 1. The molecule has 0 fully saturated rings. The SMILES string of the molecule is ClCc1ccc(OCCCCc2ccccc2)cn1. The van der Waals surface area contributed by atoms with E-state index in [1.54, 1.807) is 6.20 Å². The average molecular weight is 276 g/mol. The monoisotopic (exact) mass is 275 g/mol. The number of aromatic nitrogens is 1. The Morgan fingerprint density at radius 1 is 1.00 bits per heavy atom. The quantitative estimate of drug-likeness (QED) is 0.557. The van der Waals surface area contributed by atoms with Gasteiger partial charge in [0.05, 0.1) is 24.4 Å². The van der Waals surface area contributed by atoms with E-state index in [0.29, 0.717) is 5.88 Å². The first-order valence-corrected chi connectivity index (χ1v) is 7.09. The summed E-state index contributed by atoms with van der Waals surface area (Å²) in [4.78, 5) is 4.19. The van der Waals surface area contributed by atoms with Crippen LogP contribution in [0.5, 0.6) is 5.75 Å². The molecular weight excluding hydrogens is 258 g/mol. The average Bonchev–Trinajstić information content (AvgIpc) is 2.49. The molecule has 0 N–H and O–H groups in total. The lowest BCUT2D eigenvalue weighted by Crippen LogP contribution is -1.99. The fourth-order valence-electron chi connectivity index (χ4n) is 1.84. The van der Waals surface area contributed by atoms with Gasteiger partial charge in [0.1, 0.15) is 5.75 Å². The van der Waals surface area contributed by atoms with Crippen molar-refractivity contribution in [3.63, 3.8) is 0 Å². The number of ether oxygens (including phenoxy) is 1. The van der Waals surface area contributed by atoms with Crippen LogP contribution in [-0.2, 0) is 12.3 Å². The first kappa shape index (κ1) is 13.9. The first-order valence-electron chi connectivity index (χ1n) is 6.56. The number of nitrogens with zero attached hydrogens (tertiary/aromatic N) is 1. The minimum Gasteiger partial charge on any atom is -0.492 e. The van der Waals surface area contributed by atoms with E-state index in [9.17, 15) is 0 Å². The highest BCUT2D eigenvalue weighted by Crippen LogP contribution is 2.11. The molecule has 2 rings (SSSR count). The van der Waals surface area contributed by atoms with Gasteiger partial charge in [0, 0.05) is 0 Å². The van der Waals surface area contributed by atoms with E-state index in [-0.39, 0.29) is 0 Å². The molecule has 100 valence electrons. The summed E-state index contributed by atoms with van der Waals surface area (Å²) in [5.41, 5.74) is 2.26. The second-order valence-corrected chi connectivity index (χ2v) is 4.68. The maximum Gasteiger partial charge on any atom is 0.137 e. The molecule has 1 aromatic heterocycles. The van der Waals surface area contributed by atoms with Crippen molar-refractivity contribution in [2.24, 2.45) is 0 Å². The van der Waals surface area contributed by atoms with Crippen LogP contribution in [0.2, 0.25) is 0 Å². The molecule has 3 heteroatoms. The third-order valence-electron chi connectivity index (χ3n) is 2.91. The lowest BCUT2D eigenvalue weighted by Gasteiger charge is -2.06. The zero-order valence-corrected chi connectivity index (χ0v) is 11.6. The van der Waals surface area contributed by atoms with Crippen LogP contribution in [0.25, 0.3) is 0 Å². The van der Waals surface area contributed by atoms with Crippen molar-refractivity contribution in [1.29, 1.82) is 0 Å². The van der Waals surface area contributed by atoms with Gasteiger partial charge in [-0.2, -0.15) is 0 Å². The Morgan fingerprint density at radius 3 is 2.53 bits per heavy atom. The van der Waals surface area contributed by atoms with Gasteiger partial charge >= 0.3 is 0 Å². The predicted octanol–water partition coefficient (Wildman–Crippen LogP) is 4.22. The van der Waals surface area contributed by atoms with E-state index in [4.69, 9.17) is 16.3 Å². The molecule has 0 saturated heterocycles. The Morgan fingerprint density at radius 2 is 1.84 bits per heavy atom. The summed E-state index contributed by atoms with van der Waals surface area (Å²) < 4.78 is 5.64. The number of pyridine rings is 1. The summed E-state index contributed by atoms with van der Waals surface area (Å²) in [7, 11) is 0. The molecule has 0 atom stereocenters. The molecule has 0 radical (unpaired) electrons. The Bertz CT molecular complexity index is 470. The Hall–Kier alpha value is -1.54. The summed E-state index contributed by atoms with van der Waals surface area (Å²) in [5.74, 6) is 1.26. The van der Waals surface area contributed by atoms with Crippen LogP contribution in [0.3, 0.4) is 0 Å². The number of aryl methyl sites for hydroxylation is 1. The smallest absolute Gasteiger partial charge is 0.137 e. The van der Waals surface area contributed by atoms with E-state index in [2.05, 4.69) is 29.2 Å². The van der Waals surface area contributed by atoms with Gasteiger partial charge in [0.2, 0.25) is 0 Å². The number of halogens is 1. The van der Waals surface area contributed by atoms with Gasteiger partial charge in [-0.3, -0.25) is 4.98 Å². The van der Waals surface area contributed by atoms with Gasteiger partial charge in [-0.1, -0.05) is 30.3 Å². The first-order chi connectivity index (χ1) is 9.38. The molecule has 2 aromatic rings. The molecule has 0 aliphatic rings. The van der Waals surface area contributed by atoms with Crippen molar-refractivity contribution in [2.45, 2.75) is 25.1 Å². The van der Waals surface area contributed by atoms with E-state index in [1.807, 2.05) is 18.2 Å². The van der Waals surface area contributed by atoms with E-state index in [1.165, 1.54) is 5.56 Å². The van der Waals surface area contributed by atoms with Crippen LogP contribution in [0.1, 0.15) is 24.1 Å². The molecule has 1 aromatic carbocycles. The summed E-state index contributed by atoms with van der Waals surface area (Å²) in [6, 6.07) is 14.3. The molecule has 0 unspecified atom stereocenters. The van der Waals surface area contributed by atoms with Gasteiger partial charge < -0.3 is 4.74 Å². The second kappa shape index (κ2) is 7.80. The van der Waals surface area contributed by atoms with Gasteiger partial charge in [-0.05, 0) is 37.0 Å². The predicted molar refractivity (Wildman–Crippen MR) is 78.7 cm³/mol. The van der Waals surface area contributed by atoms with Crippen molar-refractivity contribution in [3.05, 3.63) is 59.9 Å². The van der Waals surface area contributed by atoms with Crippen LogP contribution in [0.4, 0.5) is 0 Å². The number of rotatable bonds is 7. The Labute approximate surface area is 119 Å². The molecule has 1 heterocycles. The maximum absolute atomic E-state index is 5.68. The van der Waals surface area contributed by atoms with Gasteiger partial charge in [-0.25, -0.2) is 0 Å². The number of hydrogen-bond acceptors (Lipinski definition) is 2. The molecule has 0 aliphatic heterocycles. The molecule has 19 heavy (non-hydrogen) atoms. The van der Waals surface area contributed by atoms with Crippen LogP contribution < -0.4 is 4.74 Å². The minimum atomic E-state index is 0.442.